The van der Waals surface area contributed by atoms with Gasteiger partial charge in [-0.2, -0.15) is 5.26 Å². The Balaban J connectivity index is 0.00000456. The Kier molecular flexibility index (Phi) is 13.2. The number of amidine groups is 1. The number of hydrogen-bond donors (Lipinski definition) is 1. The van der Waals surface area contributed by atoms with Crippen molar-refractivity contribution in [1.82, 2.24) is 4.90 Å². The van der Waals surface area contributed by atoms with Crippen LogP contribution in [-0.2, 0) is 6.54 Å². The molecule has 0 saturated heterocycles. The lowest BCUT2D eigenvalue weighted by Crippen LogP contribution is -3.00. The molecule has 0 aliphatic carbocycles. The summed E-state index contributed by atoms with van der Waals surface area (Å²) in [6, 6.07) is 10.1. The monoisotopic (exact) mass is 557 g/mol. The number of hydrogen-bond acceptors (Lipinski definition) is 3. The predicted octanol–water partition coefficient (Wildman–Crippen LogP) is 4.31. The Hall–Kier alpha value is -1.64. The number of benzene rings is 1. The molecule has 3 rings (SSSR count). The maximum Gasteiger partial charge on any atom is 0.277 e. The van der Waals surface area contributed by atoms with Gasteiger partial charge in [-0.3, -0.25) is 4.58 Å². The fourth-order valence-corrected chi connectivity index (χ4v) is 5.87. The fraction of sp³-hybridized carbons (Fsp3) is 0.677. The Morgan fingerprint density at radius 3 is 2.03 bits per heavy atom. The average molecular weight is 559 g/mol. The molecule has 0 spiro atoms. The van der Waals surface area contributed by atoms with E-state index in [4.69, 9.17) is 5.26 Å². The summed E-state index contributed by atoms with van der Waals surface area (Å²) in [6.45, 7) is 9.32. The van der Waals surface area contributed by atoms with Gasteiger partial charge in [-0.25, -0.2) is 4.90 Å². The Labute approximate surface area is 230 Å². The van der Waals surface area contributed by atoms with E-state index in [1.165, 1.54) is 87.6 Å². The van der Waals surface area contributed by atoms with Crippen molar-refractivity contribution in [3.05, 3.63) is 46.5 Å². The molecule has 200 valence electrons. The molecule has 1 N–H and O–H groups in total. The number of aliphatic hydroxyl groups is 1. The van der Waals surface area contributed by atoms with E-state index in [9.17, 15) is 5.11 Å². The van der Waals surface area contributed by atoms with Crippen molar-refractivity contribution in [2.24, 2.45) is 0 Å². The molecule has 4 nitrogen and oxygen atoms in total. The summed E-state index contributed by atoms with van der Waals surface area (Å²) in [5.74, 6) is 1.21. The first kappa shape index (κ1) is 30.6. The Morgan fingerprint density at radius 2 is 1.47 bits per heavy atom. The van der Waals surface area contributed by atoms with Gasteiger partial charge in [-0.05, 0) is 38.0 Å². The van der Waals surface area contributed by atoms with E-state index in [0.717, 1.165) is 44.5 Å². The second-order valence-corrected chi connectivity index (χ2v) is 10.8. The number of nitriles is 1. The molecule has 2 heterocycles. The quantitative estimate of drug-likeness (QED) is 0.258. The van der Waals surface area contributed by atoms with E-state index in [1.807, 2.05) is 12.1 Å². The van der Waals surface area contributed by atoms with Crippen molar-refractivity contribution in [2.45, 2.75) is 123 Å². The Bertz CT molecular complexity index is 915. The molecule has 1 aromatic rings. The van der Waals surface area contributed by atoms with Crippen molar-refractivity contribution >= 4 is 5.84 Å². The molecule has 5 heteroatoms. The number of unbranched alkanes of at least 4 members (excludes halogenated alkanes) is 11. The van der Waals surface area contributed by atoms with Gasteiger partial charge in [0, 0.05) is 24.0 Å². The zero-order chi connectivity index (χ0) is 25.1. The summed E-state index contributed by atoms with van der Waals surface area (Å²) in [7, 11) is 0. The topological polar surface area (TPSA) is 50.3 Å². The van der Waals surface area contributed by atoms with Crippen LogP contribution in [0.1, 0.15) is 122 Å². The maximum atomic E-state index is 11.8. The predicted molar refractivity (Wildman–Crippen MR) is 145 cm³/mol. The van der Waals surface area contributed by atoms with Crippen molar-refractivity contribution in [1.29, 1.82) is 5.26 Å². The first-order valence-electron chi connectivity index (χ1n) is 14.3. The molecular weight excluding hydrogens is 510 g/mol. The fourth-order valence-electron chi connectivity index (χ4n) is 5.87. The number of nitrogens with zero attached hydrogens (tertiary/aromatic N) is 3. The third kappa shape index (κ3) is 7.93. The van der Waals surface area contributed by atoms with Crippen molar-refractivity contribution in [3.63, 3.8) is 0 Å². The van der Waals surface area contributed by atoms with Crippen molar-refractivity contribution < 1.29 is 26.7 Å². The van der Waals surface area contributed by atoms with Gasteiger partial charge in [0.1, 0.15) is 6.54 Å². The average Bonchev–Trinajstić information content (AvgIpc) is 3.07. The van der Waals surface area contributed by atoms with Gasteiger partial charge in [0.2, 0.25) is 5.72 Å². The standard InChI is InChI=1S/C31H48N3O.BrH/c1-4-5-6-7-8-9-10-11-12-13-14-15-21-31(35)27(3)26(2)30-33(22-16-23-34(30)31)25-29-19-17-28(24-32)18-20-29;/h17-20,35H,4-16,21-23,25H2,1-3H3;1H/q+1;/p-1. The molecular formula is C31H48BrN3O. The molecule has 36 heavy (non-hydrogen) atoms. The van der Waals surface area contributed by atoms with E-state index in [2.05, 4.69) is 48.4 Å². The zero-order valence-corrected chi connectivity index (χ0v) is 24.6. The molecule has 0 bridgehead atoms. The first-order valence-corrected chi connectivity index (χ1v) is 14.3. The van der Waals surface area contributed by atoms with E-state index in [-0.39, 0.29) is 17.0 Å². The largest absolute Gasteiger partial charge is 1.00 e. The lowest BCUT2D eigenvalue weighted by atomic mass is 9.96. The van der Waals surface area contributed by atoms with Gasteiger partial charge < -0.3 is 22.1 Å². The van der Waals surface area contributed by atoms with Crippen molar-refractivity contribution in [2.75, 3.05) is 13.1 Å². The van der Waals surface area contributed by atoms with E-state index in [1.54, 1.807) is 0 Å². The van der Waals surface area contributed by atoms with Crippen LogP contribution in [0.4, 0.5) is 0 Å². The highest BCUT2D eigenvalue weighted by atomic mass is 79.9. The highest BCUT2D eigenvalue weighted by Crippen LogP contribution is 2.39. The molecule has 1 unspecified atom stereocenters. The van der Waals surface area contributed by atoms with Gasteiger partial charge >= 0.3 is 0 Å². The lowest BCUT2D eigenvalue weighted by molar-refractivity contribution is -0.554. The molecule has 2 aliphatic rings. The van der Waals surface area contributed by atoms with Crippen LogP contribution in [0.5, 0.6) is 0 Å². The van der Waals surface area contributed by atoms with Crippen LogP contribution in [0, 0.1) is 11.3 Å². The molecule has 0 amide bonds. The smallest absolute Gasteiger partial charge is 0.277 e. The minimum absolute atomic E-state index is 0. The SMILES string of the molecule is CCCCCCCCCCCCCCC1(O)C(C)=C(C)C2=[N+](Cc3ccc(C#N)cc3)CCCN21.[Br-]. The number of rotatable bonds is 15. The summed E-state index contributed by atoms with van der Waals surface area (Å²) in [5.41, 5.74) is 3.44. The van der Waals surface area contributed by atoms with Gasteiger partial charge in [-0.1, -0.05) is 89.7 Å². The van der Waals surface area contributed by atoms with Crippen LogP contribution in [0.3, 0.4) is 0 Å². The summed E-state index contributed by atoms with van der Waals surface area (Å²) < 4.78 is 2.42. The van der Waals surface area contributed by atoms with Crippen LogP contribution < -0.4 is 17.0 Å². The third-order valence-corrected chi connectivity index (χ3v) is 8.15. The van der Waals surface area contributed by atoms with Gasteiger partial charge in [-0.15, -0.1) is 0 Å². The number of halogens is 1. The second kappa shape index (κ2) is 15.6. The summed E-state index contributed by atoms with van der Waals surface area (Å²) >= 11 is 0. The van der Waals surface area contributed by atoms with Gasteiger partial charge in [0.25, 0.3) is 5.84 Å². The van der Waals surface area contributed by atoms with Crippen LogP contribution in [0.15, 0.2) is 35.4 Å². The summed E-state index contributed by atoms with van der Waals surface area (Å²) in [6.07, 6.45) is 17.9. The lowest BCUT2D eigenvalue weighted by Gasteiger charge is -2.34. The highest BCUT2D eigenvalue weighted by Gasteiger charge is 2.53. The number of fused-ring (bicyclic) bond motifs is 1. The minimum atomic E-state index is -0.832. The molecule has 1 atom stereocenters. The molecule has 2 aliphatic heterocycles. The maximum absolute atomic E-state index is 11.8. The Morgan fingerprint density at radius 1 is 0.917 bits per heavy atom. The van der Waals surface area contributed by atoms with E-state index in [0.29, 0.717) is 5.56 Å². The molecule has 1 aromatic carbocycles. The highest BCUT2D eigenvalue weighted by molar-refractivity contribution is 5.98. The molecule has 0 saturated carbocycles. The zero-order valence-electron chi connectivity index (χ0n) is 23.0. The van der Waals surface area contributed by atoms with Crippen molar-refractivity contribution in [3.8, 4) is 6.07 Å². The van der Waals surface area contributed by atoms with Gasteiger partial charge in [0.05, 0.1) is 24.7 Å². The summed E-state index contributed by atoms with van der Waals surface area (Å²) in [5, 5.41) is 20.9. The van der Waals surface area contributed by atoms with Crippen LogP contribution in [-0.4, -0.2) is 39.2 Å². The molecule has 0 radical (unpaired) electrons. The van der Waals surface area contributed by atoms with E-state index >= 15 is 0 Å². The van der Waals surface area contributed by atoms with E-state index < -0.39 is 5.72 Å². The van der Waals surface area contributed by atoms with Crippen LogP contribution in [0.25, 0.3) is 0 Å². The second-order valence-electron chi connectivity index (χ2n) is 10.8. The van der Waals surface area contributed by atoms with Crippen LogP contribution in [0.2, 0.25) is 0 Å². The molecule has 0 aromatic heterocycles. The summed E-state index contributed by atoms with van der Waals surface area (Å²) in [4.78, 5) is 2.28. The van der Waals surface area contributed by atoms with Crippen LogP contribution >= 0.6 is 0 Å². The minimum Gasteiger partial charge on any atom is -1.00 e. The van der Waals surface area contributed by atoms with Gasteiger partial charge in [0.15, 0.2) is 0 Å². The normalized spacial score (nSPS) is 19.4. The molecule has 0 fully saturated rings. The first-order chi connectivity index (χ1) is 17.0. The third-order valence-electron chi connectivity index (χ3n) is 8.15.